The number of piperidine rings is 1. The molecule has 4 heteroatoms. The van der Waals surface area contributed by atoms with Gasteiger partial charge in [-0.25, -0.2) is 0 Å². The fraction of sp³-hybridized carbons (Fsp3) is 0.286. The molecule has 0 aliphatic carbocycles. The van der Waals surface area contributed by atoms with Crippen molar-refractivity contribution in [3.05, 3.63) is 70.4 Å². The van der Waals surface area contributed by atoms with Crippen molar-refractivity contribution in [3.63, 3.8) is 0 Å². The third-order valence-corrected chi connectivity index (χ3v) is 6.07. The van der Waals surface area contributed by atoms with Gasteiger partial charge in [0.25, 0.3) is 0 Å². The van der Waals surface area contributed by atoms with Gasteiger partial charge in [-0.05, 0) is 59.8 Å². The highest BCUT2D eigenvalue weighted by Gasteiger charge is 2.30. The lowest BCUT2D eigenvalue weighted by Gasteiger charge is -2.36. The first kappa shape index (κ1) is 16.3. The maximum atomic E-state index is 11.3. The second kappa shape index (κ2) is 6.98. The van der Waals surface area contributed by atoms with Crippen molar-refractivity contribution >= 4 is 28.1 Å². The topological polar surface area (TPSA) is 40.5 Å². The first-order valence-electron chi connectivity index (χ1n) is 8.71. The molecule has 0 radical (unpaired) electrons. The van der Waals surface area contributed by atoms with Gasteiger partial charge in [0.1, 0.15) is 0 Å². The van der Waals surface area contributed by atoms with E-state index in [1.54, 1.807) is 11.3 Å². The quantitative estimate of drug-likeness (QED) is 0.735. The summed E-state index contributed by atoms with van der Waals surface area (Å²) >= 11 is 1.77. The summed E-state index contributed by atoms with van der Waals surface area (Å²) in [6.07, 6.45) is 1.45. The number of rotatable bonds is 4. The van der Waals surface area contributed by atoms with Crippen LogP contribution in [0, 0.1) is 5.92 Å². The van der Waals surface area contributed by atoms with Crippen LogP contribution in [0.5, 0.6) is 0 Å². The fourth-order valence-electron chi connectivity index (χ4n) is 3.78. The molecule has 1 aromatic heterocycles. The molecule has 1 N–H and O–H groups in total. The third kappa shape index (κ3) is 3.32. The summed E-state index contributed by atoms with van der Waals surface area (Å²) in [6, 6.07) is 19.6. The third-order valence-electron chi connectivity index (χ3n) is 5.15. The van der Waals surface area contributed by atoms with E-state index in [0.29, 0.717) is 0 Å². The number of nitrogens with zero attached hydrogens (tertiary/aromatic N) is 1. The van der Waals surface area contributed by atoms with Gasteiger partial charge >= 0.3 is 5.97 Å². The van der Waals surface area contributed by atoms with Crippen molar-refractivity contribution in [3.8, 4) is 0 Å². The van der Waals surface area contributed by atoms with E-state index in [1.165, 1.54) is 21.2 Å². The number of carboxylic acids is 1. The minimum Gasteiger partial charge on any atom is -0.481 e. The molecular weight excluding hydrogens is 330 g/mol. The minimum atomic E-state index is -0.655. The van der Waals surface area contributed by atoms with Crippen molar-refractivity contribution < 1.29 is 9.90 Å². The van der Waals surface area contributed by atoms with Crippen molar-refractivity contribution in [1.82, 2.24) is 4.90 Å². The highest BCUT2D eigenvalue weighted by atomic mass is 32.1. The molecule has 0 saturated carbocycles. The van der Waals surface area contributed by atoms with Crippen LogP contribution in [0.4, 0.5) is 0 Å². The molecule has 3 nitrogen and oxygen atoms in total. The molecule has 1 fully saturated rings. The Bertz CT molecular complexity index is 866. The van der Waals surface area contributed by atoms with Crippen molar-refractivity contribution in [2.75, 3.05) is 13.1 Å². The van der Waals surface area contributed by atoms with Crippen LogP contribution >= 0.6 is 11.3 Å². The van der Waals surface area contributed by atoms with E-state index in [9.17, 15) is 9.90 Å². The second-order valence-electron chi connectivity index (χ2n) is 6.67. The van der Waals surface area contributed by atoms with E-state index in [2.05, 4.69) is 64.9 Å². The maximum absolute atomic E-state index is 11.3. The number of aliphatic carboxylic acids is 1. The molecule has 2 aromatic carbocycles. The predicted octanol–water partition coefficient (Wildman–Crippen LogP) is 4.79. The summed E-state index contributed by atoms with van der Waals surface area (Å²) in [5.74, 6) is -0.852. The molecule has 3 aromatic rings. The smallest absolute Gasteiger partial charge is 0.306 e. The lowest BCUT2D eigenvalue weighted by Crippen LogP contribution is -2.39. The van der Waals surface area contributed by atoms with Crippen LogP contribution < -0.4 is 0 Å². The summed E-state index contributed by atoms with van der Waals surface area (Å²) in [4.78, 5) is 15.0. The van der Waals surface area contributed by atoms with Gasteiger partial charge in [-0.15, -0.1) is 11.3 Å². The van der Waals surface area contributed by atoms with Gasteiger partial charge in [-0.3, -0.25) is 9.69 Å². The van der Waals surface area contributed by atoms with Crippen LogP contribution in [0.15, 0.2) is 60.0 Å². The predicted molar refractivity (Wildman–Crippen MR) is 102 cm³/mol. The number of hydrogen-bond donors (Lipinski definition) is 1. The fourth-order valence-corrected chi connectivity index (χ4v) is 4.67. The summed E-state index contributed by atoms with van der Waals surface area (Å²) in [6.45, 7) is 1.65. The van der Waals surface area contributed by atoms with Crippen LogP contribution in [-0.2, 0) is 4.79 Å². The number of carbonyl (C=O) groups is 1. The number of benzene rings is 2. The Morgan fingerprint density at radius 3 is 2.48 bits per heavy atom. The molecule has 1 saturated heterocycles. The molecule has 0 spiro atoms. The average Bonchev–Trinajstić information content (AvgIpc) is 3.16. The van der Waals surface area contributed by atoms with Crippen LogP contribution in [0.2, 0.25) is 0 Å². The summed E-state index contributed by atoms with van der Waals surface area (Å²) in [7, 11) is 0. The summed E-state index contributed by atoms with van der Waals surface area (Å²) < 4.78 is 0. The van der Waals surface area contributed by atoms with Crippen LogP contribution in [0.3, 0.4) is 0 Å². The molecule has 2 heterocycles. The highest BCUT2D eigenvalue weighted by Crippen LogP contribution is 2.35. The van der Waals surface area contributed by atoms with Gasteiger partial charge in [-0.1, -0.05) is 42.5 Å². The Kier molecular flexibility index (Phi) is 4.55. The average molecular weight is 351 g/mol. The Hall–Kier alpha value is -2.17. The number of carboxylic acid groups (broad SMARTS) is 1. The van der Waals surface area contributed by atoms with E-state index in [1.807, 2.05) is 0 Å². The van der Waals surface area contributed by atoms with Gasteiger partial charge in [0, 0.05) is 4.88 Å². The zero-order chi connectivity index (χ0) is 17.2. The monoisotopic (exact) mass is 351 g/mol. The van der Waals surface area contributed by atoms with Crippen molar-refractivity contribution in [2.45, 2.75) is 18.9 Å². The van der Waals surface area contributed by atoms with E-state index >= 15 is 0 Å². The molecule has 1 unspecified atom stereocenters. The lowest BCUT2D eigenvalue weighted by atomic mass is 9.93. The van der Waals surface area contributed by atoms with E-state index in [-0.39, 0.29) is 12.0 Å². The minimum absolute atomic E-state index is 0.197. The maximum Gasteiger partial charge on any atom is 0.306 e. The highest BCUT2D eigenvalue weighted by molar-refractivity contribution is 7.10. The first-order valence-corrected chi connectivity index (χ1v) is 9.59. The van der Waals surface area contributed by atoms with E-state index < -0.39 is 5.97 Å². The van der Waals surface area contributed by atoms with Crippen molar-refractivity contribution in [1.29, 1.82) is 0 Å². The summed E-state index contributed by atoms with van der Waals surface area (Å²) in [5.41, 5.74) is 1.29. The van der Waals surface area contributed by atoms with Gasteiger partial charge in [0.05, 0.1) is 12.0 Å². The number of fused-ring (bicyclic) bond motifs is 1. The largest absolute Gasteiger partial charge is 0.481 e. The molecule has 1 aliphatic rings. The van der Waals surface area contributed by atoms with Crippen molar-refractivity contribution in [2.24, 2.45) is 5.92 Å². The van der Waals surface area contributed by atoms with E-state index in [4.69, 9.17) is 0 Å². The van der Waals surface area contributed by atoms with Gasteiger partial charge in [0.2, 0.25) is 0 Å². The van der Waals surface area contributed by atoms with Gasteiger partial charge in [0.15, 0.2) is 0 Å². The Balaban J connectivity index is 1.68. The molecule has 4 rings (SSSR count). The molecule has 128 valence electrons. The normalized spacial score (nSPS) is 17.6. The Morgan fingerprint density at radius 1 is 1.04 bits per heavy atom. The molecule has 0 amide bonds. The van der Waals surface area contributed by atoms with Crippen LogP contribution in [0.25, 0.3) is 10.8 Å². The van der Waals surface area contributed by atoms with Gasteiger partial charge < -0.3 is 5.11 Å². The molecule has 25 heavy (non-hydrogen) atoms. The van der Waals surface area contributed by atoms with Crippen LogP contribution in [-0.4, -0.2) is 29.1 Å². The number of likely N-dealkylation sites (tertiary alicyclic amines) is 1. The van der Waals surface area contributed by atoms with Crippen LogP contribution in [0.1, 0.15) is 29.3 Å². The molecule has 1 atom stereocenters. The summed E-state index contributed by atoms with van der Waals surface area (Å²) in [5, 5.41) is 13.9. The zero-order valence-corrected chi connectivity index (χ0v) is 14.8. The Morgan fingerprint density at radius 2 is 1.80 bits per heavy atom. The standard InChI is InChI=1S/C21H21NO2S/c23-21(24)16-9-11-22(12-10-16)20(19-6-3-13-25-19)18-8-7-15-4-1-2-5-17(15)14-18/h1-8,13-14,16,20H,9-12H2,(H,23,24). The molecular formula is C21H21NO2S. The number of hydrogen-bond acceptors (Lipinski definition) is 3. The van der Waals surface area contributed by atoms with E-state index in [0.717, 1.165) is 25.9 Å². The molecule has 1 aliphatic heterocycles. The molecule has 0 bridgehead atoms. The SMILES string of the molecule is O=C(O)C1CCN(C(c2ccc3ccccc3c2)c2cccs2)CC1. The Labute approximate surface area is 151 Å². The zero-order valence-electron chi connectivity index (χ0n) is 14.0. The number of thiophene rings is 1. The lowest BCUT2D eigenvalue weighted by molar-refractivity contribution is -0.143. The van der Waals surface area contributed by atoms with Gasteiger partial charge in [-0.2, -0.15) is 0 Å². The second-order valence-corrected chi connectivity index (χ2v) is 7.65. The first-order chi connectivity index (χ1) is 12.2.